The zero-order chi connectivity index (χ0) is 25.5. The molecule has 0 unspecified atom stereocenters. The summed E-state index contributed by atoms with van der Waals surface area (Å²) in [5.74, 6) is -10.2. The van der Waals surface area contributed by atoms with Gasteiger partial charge in [0.05, 0.1) is 10.9 Å². The SMILES string of the molecule is Cc1ccc(C(F)(F)Oc2ccc(CCc3cc(F)c4c(F)c(F)c(F)cc4c3)c(F)c2F)cc1. The predicted molar refractivity (Wildman–Crippen MR) is 113 cm³/mol. The maximum Gasteiger partial charge on any atom is 0.426 e. The monoisotopic (exact) mass is 496 g/mol. The van der Waals surface area contributed by atoms with Gasteiger partial charge < -0.3 is 4.74 Å². The third-order valence-corrected chi connectivity index (χ3v) is 5.52. The van der Waals surface area contributed by atoms with E-state index in [1.807, 2.05) is 0 Å². The van der Waals surface area contributed by atoms with E-state index in [4.69, 9.17) is 0 Å². The van der Waals surface area contributed by atoms with E-state index in [-0.39, 0.29) is 29.4 Å². The first-order chi connectivity index (χ1) is 16.5. The number of halogens is 8. The molecule has 4 aromatic rings. The molecular weight excluding hydrogens is 480 g/mol. The Morgan fingerprint density at radius 1 is 0.686 bits per heavy atom. The van der Waals surface area contributed by atoms with Crippen LogP contribution in [0.4, 0.5) is 35.1 Å². The van der Waals surface area contributed by atoms with Gasteiger partial charge >= 0.3 is 6.11 Å². The van der Waals surface area contributed by atoms with E-state index in [2.05, 4.69) is 4.74 Å². The first-order valence-electron chi connectivity index (χ1n) is 10.3. The summed E-state index contributed by atoms with van der Waals surface area (Å²) < 4.78 is 117. The lowest BCUT2D eigenvalue weighted by Crippen LogP contribution is -2.22. The summed E-state index contributed by atoms with van der Waals surface area (Å²) in [6.07, 6.45) is -4.22. The first kappa shape index (κ1) is 24.5. The Hall–Kier alpha value is -3.62. The highest BCUT2D eigenvalue weighted by Crippen LogP contribution is 2.35. The van der Waals surface area contributed by atoms with Crippen molar-refractivity contribution in [2.24, 2.45) is 0 Å². The fourth-order valence-corrected chi connectivity index (χ4v) is 3.66. The topological polar surface area (TPSA) is 9.23 Å². The highest BCUT2D eigenvalue weighted by Gasteiger charge is 2.36. The third-order valence-electron chi connectivity index (χ3n) is 5.52. The summed E-state index contributed by atoms with van der Waals surface area (Å²) in [4.78, 5) is 0. The quantitative estimate of drug-likeness (QED) is 0.195. The molecule has 0 saturated heterocycles. The average Bonchev–Trinajstić information content (AvgIpc) is 2.80. The summed E-state index contributed by atoms with van der Waals surface area (Å²) >= 11 is 0. The molecule has 35 heavy (non-hydrogen) atoms. The van der Waals surface area contributed by atoms with Crippen LogP contribution in [0.25, 0.3) is 10.8 Å². The molecule has 182 valence electrons. The molecule has 0 aliphatic rings. The van der Waals surface area contributed by atoms with Crippen LogP contribution in [0.2, 0.25) is 0 Å². The molecule has 0 atom stereocenters. The Morgan fingerprint density at radius 2 is 1.37 bits per heavy atom. The van der Waals surface area contributed by atoms with Crippen LogP contribution in [0.5, 0.6) is 5.75 Å². The van der Waals surface area contributed by atoms with Crippen molar-refractivity contribution >= 4 is 10.8 Å². The molecule has 1 nitrogen and oxygen atoms in total. The van der Waals surface area contributed by atoms with Crippen LogP contribution in [0.15, 0.2) is 54.6 Å². The maximum absolute atomic E-state index is 14.6. The van der Waals surface area contributed by atoms with Gasteiger partial charge in [-0.05, 0) is 66.6 Å². The van der Waals surface area contributed by atoms with Crippen molar-refractivity contribution in [3.05, 3.63) is 112 Å². The predicted octanol–water partition coefficient (Wildman–Crippen LogP) is 7.90. The summed E-state index contributed by atoms with van der Waals surface area (Å²) in [7, 11) is 0. The fourth-order valence-electron chi connectivity index (χ4n) is 3.66. The van der Waals surface area contributed by atoms with Crippen molar-refractivity contribution in [1.82, 2.24) is 0 Å². The fraction of sp³-hybridized carbons (Fsp3) is 0.154. The lowest BCUT2D eigenvalue weighted by atomic mass is 9.99. The van der Waals surface area contributed by atoms with E-state index in [1.165, 1.54) is 18.2 Å². The molecule has 0 radical (unpaired) electrons. The largest absolute Gasteiger partial charge is 0.426 e. The Kier molecular flexibility index (Phi) is 6.44. The van der Waals surface area contributed by atoms with Crippen molar-refractivity contribution in [3.63, 3.8) is 0 Å². The van der Waals surface area contributed by atoms with Crippen LogP contribution in [-0.2, 0) is 19.0 Å². The molecule has 0 aliphatic heterocycles. The number of rotatable bonds is 6. The molecule has 0 aliphatic carbocycles. The number of hydrogen-bond donors (Lipinski definition) is 0. The second-order valence-corrected chi connectivity index (χ2v) is 8.00. The van der Waals surface area contributed by atoms with Crippen LogP contribution in [0.1, 0.15) is 22.3 Å². The molecule has 0 bridgehead atoms. The van der Waals surface area contributed by atoms with Crippen LogP contribution in [0.3, 0.4) is 0 Å². The van der Waals surface area contributed by atoms with Gasteiger partial charge in [0.15, 0.2) is 29.0 Å². The van der Waals surface area contributed by atoms with Gasteiger partial charge in [-0.3, -0.25) is 0 Å². The lowest BCUT2D eigenvalue weighted by Gasteiger charge is -2.19. The highest BCUT2D eigenvalue weighted by molar-refractivity contribution is 5.84. The minimum absolute atomic E-state index is 0.0937. The van der Waals surface area contributed by atoms with E-state index in [9.17, 15) is 35.1 Å². The summed E-state index contributed by atoms with van der Waals surface area (Å²) in [6, 6.07) is 9.63. The number of aryl methyl sites for hydroxylation is 3. The molecule has 0 aromatic heterocycles. The van der Waals surface area contributed by atoms with Gasteiger partial charge in [0, 0.05) is 0 Å². The first-order valence-corrected chi connectivity index (χ1v) is 10.3. The summed E-state index contributed by atoms with van der Waals surface area (Å²) in [5.41, 5.74) is 0.134. The molecule has 0 N–H and O–H groups in total. The van der Waals surface area contributed by atoms with Crippen LogP contribution >= 0.6 is 0 Å². The summed E-state index contributed by atoms with van der Waals surface area (Å²) in [5, 5.41) is -0.981. The minimum atomic E-state index is -3.92. The van der Waals surface area contributed by atoms with Crippen LogP contribution in [-0.4, -0.2) is 0 Å². The van der Waals surface area contributed by atoms with Gasteiger partial charge in [-0.25, -0.2) is 22.0 Å². The van der Waals surface area contributed by atoms with Crippen molar-refractivity contribution in [3.8, 4) is 5.75 Å². The van der Waals surface area contributed by atoms with Crippen molar-refractivity contribution < 1.29 is 39.9 Å². The molecule has 0 amide bonds. The normalized spacial score (nSPS) is 11.8. The zero-order valence-electron chi connectivity index (χ0n) is 18.0. The zero-order valence-corrected chi connectivity index (χ0v) is 18.0. The number of ether oxygens (including phenoxy) is 1. The van der Waals surface area contributed by atoms with E-state index < -0.39 is 57.7 Å². The molecule has 0 spiro atoms. The second kappa shape index (κ2) is 9.20. The number of fused-ring (bicyclic) bond motifs is 1. The Balaban J connectivity index is 1.55. The molecule has 4 aromatic carbocycles. The maximum atomic E-state index is 14.6. The van der Waals surface area contributed by atoms with E-state index in [0.29, 0.717) is 6.07 Å². The van der Waals surface area contributed by atoms with Gasteiger partial charge in [-0.1, -0.05) is 29.8 Å². The number of hydrogen-bond acceptors (Lipinski definition) is 1. The molecule has 0 saturated carbocycles. The van der Waals surface area contributed by atoms with E-state index in [1.54, 1.807) is 6.92 Å². The Bertz CT molecular complexity index is 1410. The standard InChI is InChI=1S/C26H16F8O/c1-13-2-7-17(8-3-13)26(33,34)35-20-9-6-15(22(29)24(20)31)5-4-14-10-16-12-19(28)23(30)25(32)21(16)18(27)11-14/h2-3,6-12H,4-5H2,1H3. The van der Waals surface area contributed by atoms with Gasteiger partial charge in [0.25, 0.3) is 0 Å². The van der Waals surface area contributed by atoms with Crippen molar-refractivity contribution in [2.45, 2.75) is 25.9 Å². The Labute approximate surface area is 194 Å². The van der Waals surface area contributed by atoms with Gasteiger partial charge in [0.2, 0.25) is 5.82 Å². The van der Waals surface area contributed by atoms with Crippen molar-refractivity contribution in [1.29, 1.82) is 0 Å². The smallest absolute Gasteiger partial charge is 0.426 e. The molecular formula is C26H16F8O. The molecule has 4 rings (SSSR count). The van der Waals surface area contributed by atoms with Crippen LogP contribution < -0.4 is 4.74 Å². The second-order valence-electron chi connectivity index (χ2n) is 8.00. The molecule has 9 heteroatoms. The highest BCUT2D eigenvalue weighted by atomic mass is 19.3. The van der Waals surface area contributed by atoms with Gasteiger partial charge in [-0.15, -0.1) is 0 Å². The number of alkyl halides is 2. The van der Waals surface area contributed by atoms with Crippen LogP contribution in [0, 0.1) is 41.8 Å². The van der Waals surface area contributed by atoms with Gasteiger partial charge in [0.1, 0.15) is 5.82 Å². The lowest BCUT2D eigenvalue weighted by molar-refractivity contribution is -0.187. The summed E-state index contributed by atoms with van der Waals surface area (Å²) in [6.45, 7) is 1.69. The molecule has 0 fully saturated rings. The third kappa shape index (κ3) is 4.80. The van der Waals surface area contributed by atoms with E-state index >= 15 is 0 Å². The molecule has 0 heterocycles. The van der Waals surface area contributed by atoms with Crippen molar-refractivity contribution in [2.75, 3.05) is 0 Å². The van der Waals surface area contributed by atoms with E-state index in [0.717, 1.165) is 35.9 Å². The average molecular weight is 496 g/mol. The van der Waals surface area contributed by atoms with Gasteiger partial charge in [-0.2, -0.15) is 13.2 Å². The number of benzene rings is 4. The minimum Gasteiger partial charge on any atom is -0.426 e. The Morgan fingerprint density at radius 3 is 2.06 bits per heavy atom.